The normalized spacial score (nSPS) is 11.5. The van der Waals surface area contributed by atoms with Crippen LogP contribution in [0.2, 0.25) is 0 Å². The fourth-order valence-corrected chi connectivity index (χ4v) is 2.06. The van der Waals surface area contributed by atoms with Crippen LogP contribution in [-0.4, -0.2) is 16.0 Å². The minimum atomic E-state index is -0.118. The monoisotopic (exact) mass is 315 g/mol. The molecule has 0 aliphatic heterocycles. The predicted molar refractivity (Wildman–Crippen MR) is 89.0 cm³/mol. The Balaban J connectivity index is 1.70. The van der Waals surface area contributed by atoms with E-state index in [2.05, 4.69) is 15.5 Å². The maximum Gasteiger partial charge on any atom is 0.226 e. The van der Waals surface area contributed by atoms with Gasteiger partial charge in [-0.3, -0.25) is 4.79 Å². The van der Waals surface area contributed by atoms with E-state index in [9.17, 15) is 4.79 Å². The minimum Gasteiger partial charge on any atom is -0.352 e. The van der Waals surface area contributed by atoms with Crippen molar-refractivity contribution in [1.29, 1.82) is 0 Å². The Morgan fingerprint density at radius 2 is 1.91 bits per heavy atom. The first-order valence-corrected chi connectivity index (χ1v) is 8.00. The maximum atomic E-state index is 11.9. The zero-order chi connectivity index (χ0) is 16.9. The Labute approximate surface area is 137 Å². The van der Waals surface area contributed by atoms with Crippen LogP contribution >= 0.6 is 0 Å². The van der Waals surface area contributed by atoms with Gasteiger partial charge in [0, 0.05) is 24.8 Å². The molecule has 0 aliphatic carbocycles. The van der Waals surface area contributed by atoms with Crippen molar-refractivity contribution in [2.24, 2.45) is 0 Å². The first kappa shape index (κ1) is 17.2. The first-order chi connectivity index (χ1) is 10.8. The third-order valence-corrected chi connectivity index (χ3v) is 3.54. The highest BCUT2D eigenvalue weighted by Gasteiger charge is 2.20. The number of hydrogen-bond donors (Lipinski definition) is 1. The van der Waals surface area contributed by atoms with Crippen LogP contribution in [0.25, 0.3) is 0 Å². The second-order valence-electron chi connectivity index (χ2n) is 6.88. The van der Waals surface area contributed by atoms with Gasteiger partial charge in [-0.1, -0.05) is 55.8 Å². The lowest BCUT2D eigenvalue weighted by atomic mass is 9.96. The van der Waals surface area contributed by atoms with E-state index in [0.29, 0.717) is 37.5 Å². The fourth-order valence-electron chi connectivity index (χ4n) is 2.06. The lowest BCUT2D eigenvalue weighted by molar-refractivity contribution is -0.121. The van der Waals surface area contributed by atoms with Gasteiger partial charge >= 0.3 is 0 Å². The van der Waals surface area contributed by atoms with Crippen molar-refractivity contribution in [2.75, 3.05) is 0 Å². The Hall–Kier alpha value is -2.17. The van der Waals surface area contributed by atoms with E-state index in [1.807, 2.05) is 52.0 Å². The number of rotatable bonds is 6. The van der Waals surface area contributed by atoms with Gasteiger partial charge in [0.05, 0.1) is 0 Å². The number of amides is 1. The molecule has 5 heteroatoms. The molecule has 0 atom stereocenters. The predicted octanol–water partition coefficient (Wildman–Crippen LogP) is 3.31. The van der Waals surface area contributed by atoms with Gasteiger partial charge in [-0.25, -0.2) is 0 Å². The summed E-state index contributed by atoms with van der Waals surface area (Å²) in [6.07, 6.45) is 1.78. The van der Waals surface area contributed by atoms with E-state index >= 15 is 0 Å². The second kappa shape index (κ2) is 7.40. The molecule has 0 saturated heterocycles. The van der Waals surface area contributed by atoms with Crippen molar-refractivity contribution < 1.29 is 9.32 Å². The smallest absolute Gasteiger partial charge is 0.226 e. The van der Waals surface area contributed by atoms with Crippen LogP contribution in [0.1, 0.15) is 56.5 Å². The quantitative estimate of drug-likeness (QED) is 0.888. The molecule has 0 unspecified atom stereocenters. The van der Waals surface area contributed by atoms with Gasteiger partial charge in [0.1, 0.15) is 0 Å². The highest BCUT2D eigenvalue weighted by Crippen LogP contribution is 2.18. The van der Waals surface area contributed by atoms with Crippen LogP contribution in [0, 0.1) is 6.92 Å². The fraction of sp³-hybridized carbons (Fsp3) is 0.500. The van der Waals surface area contributed by atoms with Crippen molar-refractivity contribution in [1.82, 2.24) is 15.5 Å². The lowest BCUT2D eigenvalue weighted by Crippen LogP contribution is -2.22. The number of carbonyl (C=O) groups is 1. The summed E-state index contributed by atoms with van der Waals surface area (Å²) in [5.41, 5.74) is 2.21. The summed E-state index contributed by atoms with van der Waals surface area (Å²) < 4.78 is 5.22. The summed E-state index contributed by atoms with van der Waals surface area (Å²) in [7, 11) is 0. The van der Waals surface area contributed by atoms with Gasteiger partial charge in [-0.2, -0.15) is 4.98 Å². The minimum absolute atomic E-state index is 0.0427. The molecule has 23 heavy (non-hydrogen) atoms. The van der Waals surface area contributed by atoms with Crippen LogP contribution in [0.4, 0.5) is 0 Å². The van der Waals surface area contributed by atoms with Crippen molar-refractivity contribution in [2.45, 2.75) is 58.9 Å². The SMILES string of the molecule is Cc1ccc(CNC(=O)CCCc2nc(C(C)(C)C)no2)cc1. The molecule has 1 heterocycles. The summed E-state index contributed by atoms with van der Waals surface area (Å²) in [5, 5.41) is 6.91. The molecule has 0 saturated carbocycles. The van der Waals surface area contributed by atoms with Crippen LogP contribution < -0.4 is 5.32 Å². The van der Waals surface area contributed by atoms with E-state index in [-0.39, 0.29) is 11.3 Å². The van der Waals surface area contributed by atoms with Crippen molar-refractivity contribution in [3.8, 4) is 0 Å². The standard InChI is InChI=1S/C18H25N3O2/c1-13-8-10-14(11-9-13)12-19-15(22)6-5-7-16-20-17(21-23-16)18(2,3)4/h8-11H,5-7,12H2,1-4H3,(H,19,22). The number of aryl methyl sites for hydroxylation is 2. The Morgan fingerprint density at radius 3 is 2.52 bits per heavy atom. The number of nitrogens with one attached hydrogen (secondary N) is 1. The van der Waals surface area contributed by atoms with Gasteiger partial charge in [0.2, 0.25) is 11.8 Å². The lowest BCUT2D eigenvalue weighted by Gasteiger charge is -2.10. The number of benzene rings is 1. The van der Waals surface area contributed by atoms with E-state index in [0.717, 1.165) is 5.56 Å². The third-order valence-electron chi connectivity index (χ3n) is 3.54. The highest BCUT2D eigenvalue weighted by molar-refractivity contribution is 5.75. The van der Waals surface area contributed by atoms with Gasteiger partial charge in [0.15, 0.2) is 5.82 Å². The highest BCUT2D eigenvalue weighted by atomic mass is 16.5. The molecule has 1 aromatic carbocycles. The average Bonchev–Trinajstić information content (AvgIpc) is 2.96. The summed E-state index contributed by atoms with van der Waals surface area (Å²) in [6, 6.07) is 8.15. The molecule has 2 aromatic rings. The van der Waals surface area contributed by atoms with E-state index in [1.54, 1.807) is 0 Å². The molecule has 0 aliphatic rings. The zero-order valence-corrected chi connectivity index (χ0v) is 14.3. The Kier molecular flexibility index (Phi) is 5.53. The van der Waals surface area contributed by atoms with Crippen LogP contribution in [0.15, 0.2) is 28.8 Å². The van der Waals surface area contributed by atoms with Gasteiger partial charge in [-0.05, 0) is 18.9 Å². The molecule has 2 rings (SSSR count). The van der Waals surface area contributed by atoms with Crippen molar-refractivity contribution in [3.05, 3.63) is 47.1 Å². The number of hydrogen-bond acceptors (Lipinski definition) is 4. The topological polar surface area (TPSA) is 68.0 Å². The zero-order valence-electron chi connectivity index (χ0n) is 14.3. The molecule has 0 bridgehead atoms. The number of aromatic nitrogens is 2. The molecular formula is C18H25N3O2. The summed E-state index contributed by atoms with van der Waals surface area (Å²) >= 11 is 0. The summed E-state index contributed by atoms with van der Waals surface area (Å²) in [6.45, 7) is 8.74. The van der Waals surface area contributed by atoms with Gasteiger partial charge in [-0.15, -0.1) is 0 Å². The average molecular weight is 315 g/mol. The maximum absolute atomic E-state index is 11.9. The van der Waals surface area contributed by atoms with Crippen molar-refractivity contribution in [3.63, 3.8) is 0 Å². The number of carbonyl (C=O) groups excluding carboxylic acids is 1. The molecule has 1 amide bonds. The van der Waals surface area contributed by atoms with E-state index in [4.69, 9.17) is 4.52 Å². The third kappa shape index (κ3) is 5.51. The van der Waals surface area contributed by atoms with Gasteiger partial charge < -0.3 is 9.84 Å². The summed E-state index contributed by atoms with van der Waals surface area (Å²) in [4.78, 5) is 16.2. The Bertz CT molecular complexity index is 639. The van der Waals surface area contributed by atoms with Crippen LogP contribution in [0.5, 0.6) is 0 Å². The number of nitrogens with zero attached hydrogens (tertiary/aromatic N) is 2. The van der Waals surface area contributed by atoms with E-state index in [1.165, 1.54) is 5.56 Å². The molecule has 1 N–H and O–H groups in total. The van der Waals surface area contributed by atoms with Crippen LogP contribution in [-0.2, 0) is 23.2 Å². The Morgan fingerprint density at radius 1 is 1.22 bits per heavy atom. The first-order valence-electron chi connectivity index (χ1n) is 8.00. The summed E-state index contributed by atoms with van der Waals surface area (Å²) in [5.74, 6) is 1.35. The molecule has 1 aromatic heterocycles. The molecule has 124 valence electrons. The van der Waals surface area contributed by atoms with Crippen LogP contribution in [0.3, 0.4) is 0 Å². The molecule has 0 radical (unpaired) electrons. The molecular weight excluding hydrogens is 290 g/mol. The molecule has 5 nitrogen and oxygen atoms in total. The van der Waals surface area contributed by atoms with Gasteiger partial charge in [0.25, 0.3) is 0 Å². The van der Waals surface area contributed by atoms with E-state index < -0.39 is 0 Å². The molecule has 0 fully saturated rings. The van der Waals surface area contributed by atoms with Crippen molar-refractivity contribution >= 4 is 5.91 Å². The second-order valence-corrected chi connectivity index (χ2v) is 6.88. The molecule has 0 spiro atoms. The largest absolute Gasteiger partial charge is 0.352 e.